The predicted octanol–water partition coefficient (Wildman–Crippen LogP) is 3.43. The molecule has 0 unspecified atom stereocenters. The molecule has 2 aromatic rings. The van der Waals surface area contributed by atoms with Crippen LogP contribution >= 0.6 is 11.6 Å². The Morgan fingerprint density at radius 3 is 2.65 bits per heavy atom. The number of halogens is 2. The Labute approximate surface area is 138 Å². The Balaban J connectivity index is 1.92. The van der Waals surface area contributed by atoms with E-state index in [-0.39, 0.29) is 23.3 Å². The lowest BCUT2D eigenvalue weighted by molar-refractivity contribution is -0.127. The quantitative estimate of drug-likeness (QED) is 0.912. The van der Waals surface area contributed by atoms with E-state index in [9.17, 15) is 9.18 Å². The number of hydrogen-bond donors (Lipinski definition) is 1. The van der Waals surface area contributed by atoms with E-state index in [4.69, 9.17) is 21.6 Å². The van der Waals surface area contributed by atoms with Gasteiger partial charge in [-0.05, 0) is 42.8 Å². The van der Waals surface area contributed by atoms with Crippen molar-refractivity contribution in [2.24, 2.45) is 0 Å². The van der Waals surface area contributed by atoms with E-state index in [1.54, 1.807) is 31.2 Å². The molecular weight excluding hydrogens is 319 g/mol. The first-order chi connectivity index (χ1) is 11.0. The molecule has 23 heavy (non-hydrogen) atoms. The van der Waals surface area contributed by atoms with Gasteiger partial charge >= 0.3 is 0 Å². The third-order valence-electron chi connectivity index (χ3n) is 3.11. The van der Waals surface area contributed by atoms with E-state index in [2.05, 4.69) is 5.32 Å². The summed E-state index contributed by atoms with van der Waals surface area (Å²) in [6.45, 7) is 1.86. The van der Waals surface area contributed by atoms with Gasteiger partial charge in [-0.1, -0.05) is 23.7 Å². The van der Waals surface area contributed by atoms with Gasteiger partial charge in [-0.15, -0.1) is 0 Å². The van der Waals surface area contributed by atoms with Gasteiger partial charge in [0.1, 0.15) is 11.6 Å². The van der Waals surface area contributed by atoms with Crippen LogP contribution in [0.5, 0.6) is 5.75 Å². The molecule has 0 saturated heterocycles. The number of carbonyl (C=O) groups is 1. The minimum atomic E-state index is -0.763. The maximum Gasteiger partial charge on any atom is 0.261 e. The van der Waals surface area contributed by atoms with Crippen LogP contribution in [-0.2, 0) is 11.3 Å². The summed E-state index contributed by atoms with van der Waals surface area (Å²) in [5.74, 6) is -0.322. The summed E-state index contributed by atoms with van der Waals surface area (Å²) in [7, 11) is 0. The highest BCUT2D eigenvalue weighted by Gasteiger charge is 2.16. The Hall–Kier alpha value is -2.58. The molecule has 0 fully saturated rings. The molecule has 2 rings (SSSR count). The van der Waals surface area contributed by atoms with Gasteiger partial charge in [-0.25, -0.2) is 4.39 Å². The van der Waals surface area contributed by atoms with Crippen molar-refractivity contribution in [3.05, 3.63) is 64.4 Å². The van der Waals surface area contributed by atoms with E-state index in [1.165, 1.54) is 18.2 Å². The van der Waals surface area contributed by atoms with Crippen molar-refractivity contribution in [2.75, 3.05) is 0 Å². The summed E-state index contributed by atoms with van der Waals surface area (Å²) in [6, 6.07) is 12.4. The molecule has 1 amide bonds. The predicted molar refractivity (Wildman–Crippen MR) is 84.5 cm³/mol. The molecule has 2 aromatic carbocycles. The summed E-state index contributed by atoms with van der Waals surface area (Å²) >= 11 is 6.00. The SMILES string of the molecule is C[C@@H](Oc1ccc(C#N)cc1Cl)C(=O)NCc1ccc(F)cc1. The summed E-state index contributed by atoms with van der Waals surface area (Å²) in [5, 5.41) is 11.7. The molecule has 6 heteroatoms. The number of rotatable bonds is 5. The summed E-state index contributed by atoms with van der Waals surface area (Å²) in [6.07, 6.45) is -0.763. The van der Waals surface area contributed by atoms with E-state index < -0.39 is 6.10 Å². The second kappa shape index (κ2) is 7.61. The topological polar surface area (TPSA) is 62.1 Å². The molecule has 0 radical (unpaired) electrons. The van der Waals surface area contributed by atoms with Crippen molar-refractivity contribution in [1.29, 1.82) is 5.26 Å². The first-order valence-corrected chi connectivity index (χ1v) is 7.26. The van der Waals surface area contributed by atoms with Crippen LogP contribution < -0.4 is 10.1 Å². The van der Waals surface area contributed by atoms with Crippen molar-refractivity contribution < 1.29 is 13.9 Å². The molecular formula is C17H14ClFN2O2. The molecule has 0 aliphatic rings. The van der Waals surface area contributed by atoms with E-state index >= 15 is 0 Å². The number of carbonyl (C=O) groups excluding carboxylic acids is 1. The first-order valence-electron chi connectivity index (χ1n) is 6.88. The molecule has 4 nitrogen and oxygen atoms in total. The van der Waals surface area contributed by atoms with E-state index in [1.807, 2.05) is 6.07 Å². The molecule has 0 saturated carbocycles. The number of hydrogen-bond acceptors (Lipinski definition) is 3. The average molecular weight is 333 g/mol. The summed E-state index contributed by atoms with van der Waals surface area (Å²) in [4.78, 5) is 12.0. The van der Waals surface area contributed by atoms with Crippen molar-refractivity contribution in [1.82, 2.24) is 5.32 Å². The fourth-order valence-corrected chi connectivity index (χ4v) is 2.07. The van der Waals surface area contributed by atoms with Gasteiger partial charge in [-0.3, -0.25) is 4.79 Å². The molecule has 0 aromatic heterocycles. The normalized spacial score (nSPS) is 11.4. The van der Waals surface area contributed by atoms with Crippen LogP contribution in [0.4, 0.5) is 4.39 Å². The highest BCUT2D eigenvalue weighted by molar-refractivity contribution is 6.32. The van der Waals surface area contributed by atoms with Crippen LogP contribution in [0.25, 0.3) is 0 Å². The highest BCUT2D eigenvalue weighted by atomic mass is 35.5. The minimum Gasteiger partial charge on any atom is -0.479 e. The zero-order valence-corrected chi connectivity index (χ0v) is 13.1. The molecule has 0 aliphatic heterocycles. The smallest absolute Gasteiger partial charge is 0.261 e. The molecule has 1 atom stereocenters. The van der Waals surface area contributed by atoms with Crippen LogP contribution in [0, 0.1) is 17.1 Å². The zero-order chi connectivity index (χ0) is 16.8. The standard InChI is InChI=1S/C17H14ClFN2O2/c1-11(23-16-7-4-13(9-20)8-15(16)18)17(22)21-10-12-2-5-14(19)6-3-12/h2-8,11H,10H2,1H3,(H,21,22)/t11-/m1/s1. The van der Waals surface area contributed by atoms with Gasteiger partial charge in [0.15, 0.2) is 6.10 Å². The highest BCUT2D eigenvalue weighted by Crippen LogP contribution is 2.26. The third kappa shape index (κ3) is 4.70. The van der Waals surface area contributed by atoms with Crippen LogP contribution in [0.2, 0.25) is 5.02 Å². The van der Waals surface area contributed by atoms with E-state index in [0.29, 0.717) is 11.3 Å². The fourth-order valence-electron chi connectivity index (χ4n) is 1.85. The molecule has 0 heterocycles. The number of amides is 1. The number of nitriles is 1. The van der Waals surface area contributed by atoms with Gasteiger partial charge in [0.2, 0.25) is 0 Å². The van der Waals surface area contributed by atoms with Crippen molar-refractivity contribution in [3.63, 3.8) is 0 Å². The van der Waals surface area contributed by atoms with E-state index in [0.717, 1.165) is 5.56 Å². The van der Waals surface area contributed by atoms with Gasteiger partial charge in [0.25, 0.3) is 5.91 Å². The maximum atomic E-state index is 12.8. The molecule has 118 valence electrons. The van der Waals surface area contributed by atoms with Gasteiger partial charge in [0.05, 0.1) is 16.7 Å². The lowest BCUT2D eigenvalue weighted by atomic mass is 10.2. The minimum absolute atomic E-state index is 0.266. The van der Waals surface area contributed by atoms with Crippen molar-refractivity contribution in [2.45, 2.75) is 19.6 Å². The Morgan fingerprint density at radius 1 is 1.35 bits per heavy atom. The number of nitrogens with one attached hydrogen (secondary N) is 1. The fraction of sp³-hybridized carbons (Fsp3) is 0.176. The summed E-state index contributed by atoms with van der Waals surface area (Å²) in [5.41, 5.74) is 1.19. The lowest BCUT2D eigenvalue weighted by Crippen LogP contribution is -2.35. The molecule has 0 bridgehead atoms. The first kappa shape index (κ1) is 16.8. The van der Waals surface area contributed by atoms with Crippen molar-refractivity contribution >= 4 is 17.5 Å². The van der Waals surface area contributed by atoms with Crippen LogP contribution in [0.3, 0.4) is 0 Å². The molecule has 1 N–H and O–H groups in total. The van der Waals surface area contributed by atoms with Gasteiger partial charge < -0.3 is 10.1 Å². The largest absolute Gasteiger partial charge is 0.479 e. The van der Waals surface area contributed by atoms with Crippen molar-refractivity contribution in [3.8, 4) is 11.8 Å². The Morgan fingerprint density at radius 2 is 2.04 bits per heavy atom. The maximum absolute atomic E-state index is 12.8. The monoisotopic (exact) mass is 332 g/mol. The molecule has 0 spiro atoms. The zero-order valence-electron chi connectivity index (χ0n) is 12.3. The van der Waals surface area contributed by atoms with Crippen LogP contribution in [0.15, 0.2) is 42.5 Å². The Bertz CT molecular complexity index is 741. The number of benzene rings is 2. The Kier molecular flexibility index (Phi) is 5.56. The second-order valence-electron chi connectivity index (χ2n) is 4.86. The van der Waals surface area contributed by atoms with Crippen LogP contribution in [0.1, 0.15) is 18.1 Å². The summed E-state index contributed by atoms with van der Waals surface area (Å²) < 4.78 is 18.3. The van der Waals surface area contributed by atoms with Gasteiger partial charge in [0, 0.05) is 6.54 Å². The number of ether oxygens (including phenoxy) is 1. The molecule has 0 aliphatic carbocycles. The second-order valence-corrected chi connectivity index (χ2v) is 5.27. The average Bonchev–Trinajstić information content (AvgIpc) is 2.55. The third-order valence-corrected chi connectivity index (χ3v) is 3.41. The van der Waals surface area contributed by atoms with Gasteiger partial charge in [-0.2, -0.15) is 5.26 Å². The lowest BCUT2D eigenvalue weighted by Gasteiger charge is -2.15. The van der Waals surface area contributed by atoms with Crippen LogP contribution in [-0.4, -0.2) is 12.0 Å². The number of nitrogens with zero attached hydrogens (tertiary/aromatic N) is 1.